The van der Waals surface area contributed by atoms with Crippen LogP contribution >= 0.6 is 23.1 Å². The van der Waals surface area contributed by atoms with Crippen LogP contribution in [0.5, 0.6) is 0 Å². The second kappa shape index (κ2) is 6.81. The van der Waals surface area contributed by atoms with Crippen molar-refractivity contribution in [3.63, 3.8) is 0 Å². The maximum Gasteiger partial charge on any atom is 0.264 e. The van der Waals surface area contributed by atoms with E-state index < -0.39 is 0 Å². The van der Waals surface area contributed by atoms with Gasteiger partial charge in [0.1, 0.15) is 4.88 Å². The number of carbonyl (C=O) groups is 1. The van der Waals surface area contributed by atoms with Gasteiger partial charge >= 0.3 is 0 Å². The Morgan fingerprint density at radius 1 is 1.62 bits per heavy atom. The van der Waals surface area contributed by atoms with Gasteiger partial charge in [0.05, 0.1) is 5.69 Å². The van der Waals surface area contributed by atoms with Crippen molar-refractivity contribution in [2.75, 3.05) is 12.4 Å². The lowest BCUT2D eigenvalue weighted by Crippen LogP contribution is -2.29. The molecule has 1 aromatic rings. The fraction of sp³-hybridized carbons (Fsp3) is 0.700. The van der Waals surface area contributed by atoms with Crippen LogP contribution in [-0.4, -0.2) is 27.9 Å². The summed E-state index contributed by atoms with van der Waals surface area (Å²) in [6, 6.07) is 0. The van der Waals surface area contributed by atoms with E-state index in [0.29, 0.717) is 28.9 Å². The summed E-state index contributed by atoms with van der Waals surface area (Å²) in [5, 5.41) is 6.70. The number of halogens is 1. The Morgan fingerprint density at radius 2 is 2.38 bits per heavy atom. The van der Waals surface area contributed by atoms with Gasteiger partial charge in [0.2, 0.25) is 0 Å². The molecule has 4 nitrogen and oxygen atoms in total. The molecule has 16 heavy (non-hydrogen) atoms. The number of nitrogens with one attached hydrogen (secondary N) is 1. The van der Waals surface area contributed by atoms with Crippen molar-refractivity contribution in [3.05, 3.63) is 10.6 Å². The number of amides is 1. The quantitative estimate of drug-likeness (QED) is 0.799. The van der Waals surface area contributed by atoms with Gasteiger partial charge in [-0.2, -0.15) is 0 Å². The molecule has 0 spiro atoms. The topological polar surface area (TPSA) is 54.9 Å². The van der Waals surface area contributed by atoms with Gasteiger partial charge in [-0.1, -0.05) is 17.8 Å². The van der Waals surface area contributed by atoms with Crippen LogP contribution in [0.3, 0.4) is 0 Å². The second-order valence-electron chi connectivity index (χ2n) is 3.65. The highest BCUT2D eigenvalue weighted by molar-refractivity contribution is 7.07. The third-order valence-corrected chi connectivity index (χ3v) is 3.55. The molecule has 1 atom stereocenters. The molecule has 1 rings (SSSR count). The largest absolute Gasteiger partial charge is 0.351 e. The first-order chi connectivity index (χ1) is 7.69. The number of alkyl halides is 1. The first-order valence-corrected chi connectivity index (χ1v) is 6.63. The summed E-state index contributed by atoms with van der Waals surface area (Å²) < 4.78 is 3.74. The molecule has 0 aliphatic heterocycles. The normalized spacial score (nSPS) is 12.4. The molecule has 1 unspecified atom stereocenters. The van der Waals surface area contributed by atoms with Gasteiger partial charge in [-0.25, -0.2) is 0 Å². The summed E-state index contributed by atoms with van der Waals surface area (Å²) in [5.74, 6) is 0.998. The highest BCUT2D eigenvalue weighted by Crippen LogP contribution is 2.11. The van der Waals surface area contributed by atoms with E-state index >= 15 is 0 Å². The molecule has 0 radical (unpaired) electrons. The second-order valence-corrected chi connectivity index (χ2v) is 4.78. The highest BCUT2D eigenvalue weighted by atomic mass is 35.5. The van der Waals surface area contributed by atoms with Crippen molar-refractivity contribution in [2.24, 2.45) is 5.92 Å². The Morgan fingerprint density at radius 3 is 2.88 bits per heavy atom. The molecular weight excluding hydrogens is 246 g/mol. The van der Waals surface area contributed by atoms with Crippen LogP contribution in [-0.2, 0) is 0 Å². The number of carbonyl (C=O) groups excluding carboxylic acids is 1. The molecule has 1 aromatic heterocycles. The van der Waals surface area contributed by atoms with Gasteiger partial charge in [-0.3, -0.25) is 4.79 Å². The zero-order chi connectivity index (χ0) is 12.0. The number of aromatic nitrogens is 2. The van der Waals surface area contributed by atoms with E-state index in [2.05, 4.69) is 21.8 Å². The van der Waals surface area contributed by atoms with Gasteiger partial charge < -0.3 is 5.32 Å². The molecule has 0 aliphatic carbocycles. The lowest BCUT2D eigenvalue weighted by atomic mass is 10.0. The summed E-state index contributed by atoms with van der Waals surface area (Å²) in [6.07, 6.45) is 1.95. The van der Waals surface area contributed by atoms with Crippen LogP contribution in [0.15, 0.2) is 0 Å². The molecule has 90 valence electrons. The summed E-state index contributed by atoms with van der Waals surface area (Å²) in [7, 11) is 0. The minimum absolute atomic E-state index is 0.0828. The van der Waals surface area contributed by atoms with Crippen molar-refractivity contribution < 1.29 is 4.79 Å². The molecule has 0 bridgehead atoms. The Labute approximate surface area is 105 Å². The molecule has 0 fully saturated rings. The van der Waals surface area contributed by atoms with Crippen molar-refractivity contribution in [3.8, 4) is 0 Å². The number of rotatable bonds is 6. The summed E-state index contributed by atoms with van der Waals surface area (Å²) in [5.41, 5.74) is 0.688. The standard InChI is InChI=1S/C10H16ClN3OS/c1-3-8(4-5-11)6-12-10(15)9-7(2)13-14-16-9/h8H,3-6H2,1-2H3,(H,12,15). The van der Waals surface area contributed by atoms with E-state index in [1.54, 1.807) is 6.92 Å². The molecule has 0 saturated carbocycles. The number of hydrogen-bond acceptors (Lipinski definition) is 4. The van der Waals surface area contributed by atoms with Crippen molar-refractivity contribution >= 4 is 29.0 Å². The van der Waals surface area contributed by atoms with Gasteiger partial charge in [-0.15, -0.1) is 16.7 Å². The van der Waals surface area contributed by atoms with Gasteiger partial charge in [0.25, 0.3) is 5.91 Å². The summed E-state index contributed by atoms with van der Waals surface area (Å²) in [6.45, 7) is 4.55. The van der Waals surface area contributed by atoms with Gasteiger partial charge in [-0.05, 0) is 30.8 Å². The van der Waals surface area contributed by atoms with Crippen molar-refractivity contribution in [1.29, 1.82) is 0 Å². The average molecular weight is 262 g/mol. The van der Waals surface area contributed by atoms with Crippen molar-refractivity contribution in [2.45, 2.75) is 26.7 Å². The maximum absolute atomic E-state index is 11.7. The maximum atomic E-state index is 11.7. The van der Waals surface area contributed by atoms with Crippen LogP contribution in [0.4, 0.5) is 0 Å². The monoisotopic (exact) mass is 261 g/mol. The molecule has 0 aromatic carbocycles. The van der Waals surface area contributed by atoms with Gasteiger partial charge in [0, 0.05) is 12.4 Å². The number of hydrogen-bond donors (Lipinski definition) is 1. The van der Waals surface area contributed by atoms with Crippen LogP contribution in [0.2, 0.25) is 0 Å². The molecule has 0 saturated heterocycles. The zero-order valence-corrected chi connectivity index (χ0v) is 11.1. The molecule has 1 amide bonds. The number of nitrogens with zero attached hydrogens (tertiary/aromatic N) is 2. The number of aryl methyl sites for hydroxylation is 1. The lowest BCUT2D eigenvalue weighted by molar-refractivity contribution is 0.0949. The zero-order valence-electron chi connectivity index (χ0n) is 9.49. The minimum Gasteiger partial charge on any atom is -0.351 e. The van der Waals surface area contributed by atoms with Gasteiger partial charge in [0.15, 0.2) is 0 Å². The molecule has 0 aliphatic rings. The van der Waals surface area contributed by atoms with Crippen LogP contribution in [0.25, 0.3) is 0 Å². The van der Waals surface area contributed by atoms with E-state index in [9.17, 15) is 4.79 Å². The third-order valence-electron chi connectivity index (χ3n) is 2.50. The van der Waals surface area contributed by atoms with E-state index in [4.69, 9.17) is 11.6 Å². The van der Waals surface area contributed by atoms with Crippen LogP contribution < -0.4 is 5.32 Å². The Balaban J connectivity index is 2.43. The molecular formula is C10H16ClN3OS. The smallest absolute Gasteiger partial charge is 0.264 e. The van der Waals surface area contributed by atoms with E-state index in [-0.39, 0.29) is 5.91 Å². The first kappa shape index (κ1) is 13.4. The van der Waals surface area contributed by atoms with E-state index in [1.807, 2.05) is 0 Å². The molecule has 6 heteroatoms. The average Bonchev–Trinajstić information content (AvgIpc) is 2.70. The fourth-order valence-corrected chi connectivity index (χ4v) is 2.24. The van der Waals surface area contributed by atoms with E-state index in [0.717, 1.165) is 24.4 Å². The summed E-state index contributed by atoms with van der Waals surface area (Å²) >= 11 is 6.82. The van der Waals surface area contributed by atoms with Crippen LogP contribution in [0.1, 0.15) is 35.1 Å². The fourth-order valence-electron chi connectivity index (χ4n) is 1.36. The molecule has 1 N–H and O–H groups in total. The van der Waals surface area contributed by atoms with Crippen LogP contribution in [0, 0.1) is 12.8 Å². The highest BCUT2D eigenvalue weighted by Gasteiger charge is 2.14. The van der Waals surface area contributed by atoms with E-state index in [1.165, 1.54) is 0 Å². The lowest BCUT2D eigenvalue weighted by Gasteiger charge is -2.13. The third kappa shape index (κ3) is 3.72. The van der Waals surface area contributed by atoms with Crippen molar-refractivity contribution in [1.82, 2.24) is 14.9 Å². The summed E-state index contributed by atoms with van der Waals surface area (Å²) in [4.78, 5) is 12.3. The SMILES string of the molecule is CCC(CCCl)CNC(=O)c1snnc1C. The molecule has 1 heterocycles. The predicted molar refractivity (Wildman–Crippen MR) is 66.1 cm³/mol. The Hall–Kier alpha value is -0.680. The predicted octanol–water partition coefficient (Wildman–Crippen LogP) is 2.23. The Kier molecular flexibility index (Phi) is 5.69. The first-order valence-electron chi connectivity index (χ1n) is 5.32. The Bertz CT molecular complexity index is 343. The minimum atomic E-state index is -0.0828.